The van der Waals surface area contributed by atoms with Crippen molar-refractivity contribution < 1.29 is 0 Å². The first-order valence-corrected chi connectivity index (χ1v) is 8.39. The van der Waals surface area contributed by atoms with Crippen molar-refractivity contribution in [3.63, 3.8) is 0 Å². The Balaban J connectivity index is 1.84. The molecular weight excluding hydrogens is 294 g/mol. The molecule has 1 aliphatic heterocycles. The summed E-state index contributed by atoms with van der Waals surface area (Å²) in [4.78, 5) is 19.5. The first-order valence-electron chi connectivity index (χ1n) is 7.40. The minimum atomic E-state index is -0.0776. The molecule has 5 heteroatoms. The molecule has 0 spiro atoms. The smallest absolute Gasteiger partial charge is 0.259 e. The molecule has 0 unspecified atom stereocenters. The number of hydrogen-bond acceptors (Lipinski definition) is 4. The molecule has 2 heterocycles. The second-order valence-corrected chi connectivity index (χ2v) is 7.78. The molecule has 0 saturated carbocycles. The Morgan fingerprint density at radius 1 is 1.18 bits per heavy atom. The summed E-state index contributed by atoms with van der Waals surface area (Å²) < 4.78 is 0. The highest BCUT2D eigenvalue weighted by atomic mass is 32.2. The molecule has 0 aliphatic carbocycles. The second-order valence-electron chi connectivity index (χ2n) is 6.82. The summed E-state index contributed by atoms with van der Waals surface area (Å²) in [6.07, 6.45) is 2.28. The molecule has 0 bridgehead atoms. The van der Waals surface area contributed by atoms with E-state index in [1.54, 1.807) is 17.8 Å². The fourth-order valence-electron chi connectivity index (χ4n) is 3.04. The van der Waals surface area contributed by atoms with E-state index in [1.165, 1.54) is 5.57 Å². The van der Waals surface area contributed by atoms with E-state index in [1.807, 2.05) is 18.2 Å². The summed E-state index contributed by atoms with van der Waals surface area (Å²) in [5, 5.41) is 4.90. The average molecular weight is 315 g/mol. The highest BCUT2D eigenvalue weighted by molar-refractivity contribution is 7.99. The third kappa shape index (κ3) is 2.96. The lowest BCUT2D eigenvalue weighted by Crippen LogP contribution is -2.45. The van der Waals surface area contributed by atoms with Crippen LogP contribution in [0.1, 0.15) is 27.7 Å². The zero-order valence-corrected chi connectivity index (χ0v) is 14.2. The van der Waals surface area contributed by atoms with Crippen molar-refractivity contribution in [3.05, 3.63) is 46.3 Å². The number of thioether (sulfide) groups is 1. The van der Waals surface area contributed by atoms with Gasteiger partial charge in [0.15, 0.2) is 5.16 Å². The fraction of sp³-hybridized carbons (Fsp3) is 0.412. The zero-order chi connectivity index (χ0) is 16.0. The Kier molecular flexibility index (Phi) is 3.65. The number of benzene rings is 1. The van der Waals surface area contributed by atoms with Gasteiger partial charge in [0.05, 0.1) is 10.9 Å². The lowest BCUT2D eigenvalue weighted by atomic mass is 9.99. The molecule has 2 N–H and O–H groups in total. The summed E-state index contributed by atoms with van der Waals surface area (Å²) in [6.45, 7) is 8.71. The molecule has 0 amide bonds. The van der Waals surface area contributed by atoms with Crippen molar-refractivity contribution in [3.8, 4) is 0 Å². The predicted octanol–water partition coefficient (Wildman–Crippen LogP) is 3.10. The fourth-order valence-corrected chi connectivity index (χ4v) is 4.10. The van der Waals surface area contributed by atoms with Gasteiger partial charge in [0, 0.05) is 16.8 Å². The Morgan fingerprint density at radius 2 is 1.91 bits per heavy atom. The molecule has 0 saturated heterocycles. The molecule has 1 aliphatic rings. The molecule has 1 aromatic heterocycles. The van der Waals surface area contributed by atoms with Crippen LogP contribution in [0.15, 0.2) is 45.9 Å². The van der Waals surface area contributed by atoms with Gasteiger partial charge < -0.3 is 4.98 Å². The Bertz CT molecular complexity index is 805. The summed E-state index contributed by atoms with van der Waals surface area (Å²) in [7, 11) is 0. The molecule has 0 radical (unpaired) electrons. The van der Waals surface area contributed by atoms with E-state index in [-0.39, 0.29) is 16.6 Å². The van der Waals surface area contributed by atoms with Gasteiger partial charge in [0.2, 0.25) is 0 Å². The third-order valence-corrected chi connectivity index (χ3v) is 4.85. The van der Waals surface area contributed by atoms with Gasteiger partial charge in [-0.2, -0.15) is 0 Å². The van der Waals surface area contributed by atoms with Crippen LogP contribution in [0.4, 0.5) is 0 Å². The van der Waals surface area contributed by atoms with Crippen LogP contribution in [0.25, 0.3) is 10.9 Å². The second kappa shape index (κ2) is 5.25. The largest absolute Gasteiger partial charge is 0.301 e. The van der Waals surface area contributed by atoms with E-state index in [2.05, 4.69) is 49.1 Å². The number of rotatable bonds is 3. The highest BCUT2D eigenvalue weighted by Gasteiger charge is 2.36. The number of aromatic nitrogens is 2. The van der Waals surface area contributed by atoms with E-state index >= 15 is 0 Å². The van der Waals surface area contributed by atoms with Crippen molar-refractivity contribution in [1.29, 1.82) is 0 Å². The van der Waals surface area contributed by atoms with Gasteiger partial charge in [0.25, 0.3) is 5.56 Å². The van der Waals surface area contributed by atoms with Crippen LogP contribution in [-0.2, 0) is 0 Å². The number of hydrogen-bond donors (Lipinski definition) is 2. The van der Waals surface area contributed by atoms with Gasteiger partial charge in [-0.05, 0) is 45.4 Å². The van der Waals surface area contributed by atoms with Crippen LogP contribution in [0.3, 0.4) is 0 Å². The minimum absolute atomic E-state index is 0.00359. The highest BCUT2D eigenvalue weighted by Crippen LogP contribution is 2.33. The van der Waals surface area contributed by atoms with Crippen LogP contribution >= 0.6 is 11.8 Å². The SMILES string of the molecule is CC1(C)C=C(CSc2nc3ccccc3c(=O)[nH]2)C(C)(C)N1. The first-order chi connectivity index (χ1) is 10.3. The van der Waals surface area contributed by atoms with E-state index in [9.17, 15) is 4.79 Å². The lowest BCUT2D eigenvalue weighted by molar-refractivity contribution is 0.388. The number of H-pyrrole nitrogens is 1. The van der Waals surface area contributed by atoms with Gasteiger partial charge in [-0.15, -0.1) is 0 Å². The normalized spacial score (nSPS) is 19.4. The standard InChI is InChI=1S/C17H21N3OS/c1-16(2)9-11(17(3,4)20-16)10-22-15-18-13-8-6-5-7-12(13)14(21)19-15/h5-9,20H,10H2,1-4H3,(H,18,19,21). The Labute approximate surface area is 134 Å². The number of para-hydroxylation sites is 1. The number of nitrogens with one attached hydrogen (secondary N) is 2. The molecular formula is C17H21N3OS. The Hall–Kier alpha value is -1.59. The van der Waals surface area contributed by atoms with E-state index in [4.69, 9.17) is 0 Å². The van der Waals surface area contributed by atoms with Gasteiger partial charge in [0.1, 0.15) is 0 Å². The van der Waals surface area contributed by atoms with Crippen LogP contribution in [0, 0.1) is 0 Å². The molecule has 4 nitrogen and oxygen atoms in total. The maximum Gasteiger partial charge on any atom is 0.259 e. The number of aromatic amines is 1. The van der Waals surface area contributed by atoms with Crippen LogP contribution in [-0.4, -0.2) is 26.8 Å². The molecule has 0 atom stereocenters. The predicted molar refractivity (Wildman–Crippen MR) is 92.5 cm³/mol. The van der Waals surface area contributed by atoms with Crippen molar-refractivity contribution in [2.24, 2.45) is 0 Å². The first kappa shape index (κ1) is 15.3. The summed E-state index contributed by atoms with van der Waals surface area (Å²) in [6, 6.07) is 7.42. The van der Waals surface area contributed by atoms with Crippen molar-refractivity contribution >= 4 is 22.7 Å². The lowest BCUT2D eigenvalue weighted by Gasteiger charge is -2.28. The van der Waals surface area contributed by atoms with E-state index < -0.39 is 0 Å². The molecule has 1 aromatic carbocycles. The van der Waals surface area contributed by atoms with Gasteiger partial charge in [-0.1, -0.05) is 30.0 Å². The van der Waals surface area contributed by atoms with Crippen LogP contribution < -0.4 is 10.9 Å². The van der Waals surface area contributed by atoms with Gasteiger partial charge in [-0.3, -0.25) is 10.1 Å². The molecule has 116 valence electrons. The Morgan fingerprint density at radius 3 is 2.59 bits per heavy atom. The third-order valence-electron chi connectivity index (χ3n) is 3.93. The van der Waals surface area contributed by atoms with Crippen LogP contribution in [0.2, 0.25) is 0 Å². The van der Waals surface area contributed by atoms with Crippen molar-refractivity contribution in [2.45, 2.75) is 43.9 Å². The van der Waals surface area contributed by atoms with Gasteiger partial charge >= 0.3 is 0 Å². The molecule has 0 fully saturated rings. The van der Waals surface area contributed by atoms with Gasteiger partial charge in [-0.25, -0.2) is 4.98 Å². The number of nitrogens with zero attached hydrogens (tertiary/aromatic N) is 1. The average Bonchev–Trinajstić information content (AvgIpc) is 2.64. The molecule has 3 rings (SSSR count). The summed E-state index contributed by atoms with van der Waals surface area (Å²) in [5.74, 6) is 0.810. The monoisotopic (exact) mass is 315 g/mol. The van der Waals surface area contributed by atoms with Crippen molar-refractivity contribution in [2.75, 3.05) is 5.75 Å². The molecule has 2 aromatic rings. The summed E-state index contributed by atoms with van der Waals surface area (Å²) in [5.41, 5.74) is 1.97. The quantitative estimate of drug-likeness (QED) is 0.519. The maximum absolute atomic E-state index is 12.1. The number of fused-ring (bicyclic) bond motifs is 1. The minimum Gasteiger partial charge on any atom is -0.301 e. The maximum atomic E-state index is 12.1. The van der Waals surface area contributed by atoms with E-state index in [0.717, 1.165) is 11.3 Å². The summed E-state index contributed by atoms with van der Waals surface area (Å²) >= 11 is 1.57. The zero-order valence-electron chi connectivity index (χ0n) is 13.4. The van der Waals surface area contributed by atoms with E-state index in [0.29, 0.717) is 10.5 Å². The molecule has 22 heavy (non-hydrogen) atoms. The van der Waals surface area contributed by atoms with Crippen LogP contribution in [0.5, 0.6) is 0 Å². The topological polar surface area (TPSA) is 57.8 Å². The van der Waals surface area contributed by atoms with Crippen molar-refractivity contribution in [1.82, 2.24) is 15.3 Å².